The van der Waals surface area contributed by atoms with Crippen molar-refractivity contribution in [3.8, 4) is 0 Å². The Hall–Kier alpha value is -2.70. The van der Waals surface area contributed by atoms with Crippen LogP contribution in [-0.4, -0.2) is 43.3 Å². The van der Waals surface area contributed by atoms with E-state index in [0.29, 0.717) is 18.6 Å². The van der Waals surface area contributed by atoms with Crippen molar-refractivity contribution in [2.75, 3.05) is 13.7 Å². The number of rotatable bonds is 8. The Labute approximate surface area is 171 Å². The number of hydrogen-bond donors (Lipinski definition) is 1. The molecule has 1 amide bonds. The van der Waals surface area contributed by atoms with Crippen LogP contribution in [0.5, 0.6) is 0 Å². The highest BCUT2D eigenvalue weighted by molar-refractivity contribution is 6.08. The zero-order valence-corrected chi connectivity index (χ0v) is 17.6. The van der Waals surface area contributed by atoms with Crippen molar-refractivity contribution in [1.29, 1.82) is 0 Å². The van der Waals surface area contributed by atoms with Gasteiger partial charge >= 0.3 is 11.9 Å². The third kappa shape index (κ3) is 5.43. The first-order chi connectivity index (χ1) is 13.8. The van der Waals surface area contributed by atoms with Gasteiger partial charge in [0.2, 0.25) is 5.91 Å². The maximum Gasteiger partial charge on any atom is 0.328 e. The summed E-state index contributed by atoms with van der Waals surface area (Å²) in [5.74, 6) is -1.37. The lowest BCUT2D eigenvalue weighted by molar-refractivity contribution is -0.153. The predicted octanol–water partition coefficient (Wildman–Crippen LogP) is 2.99. The van der Waals surface area contributed by atoms with E-state index in [9.17, 15) is 14.4 Å². The van der Waals surface area contributed by atoms with Crippen LogP contribution in [-0.2, 0) is 23.9 Å². The van der Waals surface area contributed by atoms with E-state index in [1.54, 1.807) is 6.92 Å². The average Bonchev–Trinajstić information content (AvgIpc) is 3.10. The molecule has 1 saturated carbocycles. The summed E-state index contributed by atoms with van der Waals surface area (Å²) in [6.07, 6.45) is 1.98. The van der Waals surface area contributed by atoms with Gasteiger partial charge in [-0.05, 0) is 45.1 Å². The van der Waals surface area contributed by atoms with E-state index >= 15 is 0 Å². The second-order valence-electron chi connectivity index (χ2n) is 7.30. The zero-order valence-electron chi connectivity index (χ0n) is 17.6. The molecule has 158 valence electrons. The lowest BCUT2D eigenvalue weighted by Gasteiger charge is -2.31. The molecule has 29 heavy (non-hydrogen) atoms. The van der Waals surface area contributed by atoms with Gasteiger partial charge in [0.1, 0.15) is 11.5 Å². The molecule has 1 aliphatic carbocycles. The van der Waals surface area contributed by atoms with Gasteiger partial charge in [-0.1, -0.05) is 30.3 Å². The quantitative estimate of drug-likeness (QED) is 0.675. The minimum atomic E-state index is -1.06. The molecular weight excluding hydrogens is 372 g/mol. The van der Waals surface area contributed by atoms with Gasteiger partial charge in [0, 0.05) is 12.6 Å². The minimum Gasteiger partial charge on any atom is -0.467 e. The molecule has 1 aliphatic rings. The number of hydrogen-bond acceptors (Lipinski definition) is 6. The van der Waals surface area contributed by atoms with E-state index in [2.05, 4.69) is 5.32 Å². The molecule has 0 saturated heterocycles. The maximum atomic E-state index is 13.1. The Kier molecular flexibility index (Phi) is 7.93. The molecule has 2 unspecified atom stereocenters. The van der Waals surface area contributed by atoms with Crippen molar-refractivity contribution in [2.45, 2.75) is 58.5 Å². The molecule has 0 spiro atoms. The van der Waals surface area contributed by atoms with Crippen LogP contribution in [0.15, 0.2) is 35.3 Å². The summed E-state index contributed by atoms with van der Waals surface area (Å²) in [7, 11) is 1.26. The molecule has 1 aromatic rings. The summed E-state index contributed by atoms with van der Waals surface area (Å²) in [6, 6.07) is 8.73. The third-order valence-corrected chi connectivity index (χ3v) is 5.28. The van der Waals surface area contributed by atoms with Gasteiger partial charge in [0.15, 0.2) is 0 Å². The Morgan fingerprint density at radius 3 is 2.52 bits per heavy atom. The number of nitrogens with zero attached hydrogens (tertiary/aromatic N) is 1. The highest BCUT2D eigenvalue weighted by atomic mass is 16.5. The van der Waals surface area contributed by atoms with E-state index in [1.807, 2.05) is 37.3 Å². The number of esters is 2. The SMILES string of the molecule is CCOC(=O)[C@]1(CC(NC(C)=O)C(=O)OC)CCC/C1=N\C(C)c1ccccc1. The summed E-state index contributed by atoms with van der Waals surface area (Å²) in [4.78, 5) is 41.8. The van der Waals surface area contributed by atoms with Gasteiger partial charge in [0.25, 0.3) is 0 Å². The smallest absolute Gasteiger partial charge is 0.328 e. The molecule has 0 bridgehead atoms. The van der Waals surface area contributed by atoms with Crippen LogP contribution in [0, 0.1) is 5.41 Å². The molecule has 2 rings (SSSR count). The third-order valence-electron chi connectivity index (χ3n) is 5.28. The van der Waals surface area contributed by atoms with E-state index in [4.69, 9.17) is 14.5 Å². The van der Waals surface area contributed by atoms with Crippen molar-refractivity contribution in [3.63, 3.8) is 0 Å². The number of carbonyl (C=O) groups is 3. The van der Waals surface area contributed by atoms with Gasteiger partial charge in [-0.2, -0.15) is 0 Å². The fourth-order valence-electron chi connectivity index (χ4n) is 3.89. The van der Waals surface area contributed by atoms with Gasteiger partial charge in [-0.15, -0.1) is 0 Å². The molecule has 7 heteroatoms. The number of amides is 1. The fraction of sp³-hybridized carbons (Fsp3) is 0.545. The fourth-order valence-corrected chi connectivity index (χ4v) is 3.89. The Bertz CT molecular complexity index is 762. The highest BCUT2D eigenvalue weighted by Gasteiger charge is 2.50. The predicted molar refractivity (Wildman–Crippen MR) is 109 cm³/mol. The van der Waals surface area contributed by atoms with Crippen LogP contribution in [0.1, 0.15) is 58.1 Å². The molecule has 1 N–H and O–H groups in total. The number of ether oxygens (including phenoxy) is 2. The summed E-state index contributed by atoms with van der Waals surface area (Å²) >= 11 is 0. The second-order valence-corrected chi connectivity index (χ2v) is 7.30. The number of methoxy groups -OCH3 is 1. The van der Waals surface area contributed by atoms with Crippen LogP contribution in [0.25, 0.3) is 0 Å². The lowest BCUT2D eigenvalue weighted by Crippen LogP contribution is -2.48. The van der Waals surface area contributed by atoms with Gasteiger partial charge < -0.3 is 14.8 Å². The van der Waals surface area contributed by atoms with Gasteiger partial charge in [0.05, 0.1) is 19.8 Å². The molecule has 3 atom stereocenters. The monoisotopic (exact) mass is 402 g/mol. The first kappa shape index (κ1) is 22.6. The van der Waals surface area contributed by atoms with Crippen LogP contribution in [0.2, 0.25) is 0 Å². The molecule has 1 aromatic carbocycles. The highest BCUT2D eigenvalue weighted by Crippen LogP contribution is 2.42. The van der Waals surface area contributed by atoms with Crippen molar-refractivity contribution >= 4 is 23.6 Å². The Morgan fingerprint density at radius 2 is 1.93 bits per heavy atom. The molecule has 0 aromatic heterocycles. The number of benzene rings is 1. The zero-order chi connectivity index (χ0) is 21.4. The van der Waals surface area contributed by atoms with Gasteiger partial charge in [-0.3, -0.25) is 14.6 Å². The van der Waals surface area contributed by atoms with Crippen LogP contribution in [0.4, 0.5) is 0 Å². The van der Waals surface area contributed by atoms with Crippen molar-refractivity contribution in [1.82, 2.24) is 5.32 Å². The first-order valence-corrected chi connectivity index (χ1v) is 9.98. The largest absolute Gasteiger partial charge is 0.467 e. The molecule has 0 aliphatic heterocycles. The summed E-state index contributed by atoms with van der Waals surface area (Å²) in [5.41, 5.74) is 0.697. The summed E-state index contributed by atoms with van der Waals surface area (Å²) in [6.45, 7) is 5.27. The normalized spacial score (nSPS) is 22.0. The molecule has 7 nitrogen and oxygen atoms in total. The van der Waals surface area contributed by atoms with E-state index in [-0.39, 0.29) is 25.0 Å². The van der Waals surface area contributed by atoms with Crippen molar-refractivity contribution < 1.29 is 23.9 Å². The number of nitrogens with one attached hydrogen (secondary N) is 1. The first-order valence-electron chi connectivity index (χ1n) is 9.98. The molecule has 1 fully saturated rings. The van der Waals surface area contributed by atoms with Gasteiger partial charge in [-0.25, -0.2) is 4.79 Å². The van der Waals surface area contributed by atoms with Crippen molar-refractivity contribution in [2.24, 2.45) is 10.4 Å². The average molecular weight is 402 g/mol. The maximum absolute atomic E-state index is 13.1. The standard InChI is InChI=1S/C22H30N2O5/c1-5-29-21(27)22(14-18(20(26)28-4)24-16(3)25)13-9-12-19(22)23-15(2)17-10-7-6-8-11-17/h6-8,10-11,15,18H,5,9,12-14H2,1-4H3,(H,24,25)/b23-19+/t15?,18?,22-/m0/s1. The van der Waals surface area contributed by atoms with Crippen LogP contribution >= 0.6 is 0 Å². The Morgan fingerprint density at radius 1 is 1.24 bits per heavy atom. The molecule has 0 heterocycles. The topological polar surface area (TPSA) is 94.1 Å². The Balaban J connectivity index is 2.43. The van der Waals surface area contributed by atoms with E-state index in [0.717, 1.165) is 12.0 Å². The van der Waals surface area contributed by atoms with E-state index in [1.165, 1.54) is 14.0 Å². The molecular formula is C22H30N2O5. The lowest BCUT2D eigenvalue weighted by atomic mass is 9.78. The van der Waals surface area contributed by atoms with Crippen LogP contribution < -0.4 is 5.32 Å². The summed E-state index contributed by atoms with van der Waals surface area (Å²) in [5, 5.41) is 2.61. The second kappa shape index (κ2) is 10.2. The van der Waals surface area contributed by atoms with E-state index < -0.39 is 23.4 Å². The summed E-state index contributed by atoms with van der Waals surface area (Å²) < 4.78 is 10.2. The van der Waals surface area contributed by atoms with Crippen LogP contribution in [0.3, 0.4) is 0 Å². The number of carbonyl (C=O) groups excluding carboxylic acids is 3. The van der Waals surface area contributed by atoms with Crippen molar-refractivity contribution in [3.05, 3.63) is 35.9 Å². The number of aliphatic imine (C=N–C) groups is 1. The minimum absolute atomic E-state index is 0.0679. The molecule has 0 radical (unpaired) electrons.